The predicted octanol–water partition coefficient (Wildman–Crippen LogP) is 2.42. The van der Waals surface area contributed by atoms with E-state index < -0.39 is 5.91 Å². The van der Waals surface area contributed by atoms with Crippen molar-refractivity contribution in [2.24, 2.45) is 0 Å². The highest BCUT2D eigenvalue weighted by Gasteiger charge is 2.35. The first-order valence-electron chi connectivity index (χ1n) is 12.3. The summed E-state index contributed by atoms with van der Waals surface area (Å²) in [6.07, 6.45) is 5.59. The number of nitrogens with zero attached hydrogens (tertiary/aromatic N) is 5. The zero-order chi connectivity index (χ0) is 23.6. The van der Waals surface area contributed by atoms with Gasteiger partial charge in [0.1, 0.15) is 11.9 Å². The van der Waals surface area contributed by atoms with E-state index in [9.17, 15) is 14.9 Å². The van der Waals surface area contributed by atoms with E-state index in [1.807, 2.05) is 0 Å². The van der Waals surface area contributed by atoms with Gasteiger partial charge in [0.25, 0.3) is 0 Å². The van der Waals surface area contributed by atoms with E-state index in [1.165, 1.54) is 0 Å². The highest BCUT2D eigenvalue weighted by Crippen LogP contribution is 2.36. The van der Waals surface area contributed by atoms with Crippen LogP contribution in [0.5, 0.6) is 0 Å². The molecule has 1 aromatic rings. The number of hydrogen-bond donors (Lipinski definition) is 0. The number of likely N-dealkylation sites (tertiary alicyclic amines) is 1. The zero-order valence-electron chi connectivity index (χ0n) is 20.2. The number of fused-ring (bicyclic) bond motifs is 1. The molecular weight excluding hydrogens is 418 g/mol. The van der Waals surface area contributed by atoms with Crippen LogP contribution in [0.4, 0.5) is 5.82 Å². The molecule has 33 heavy (non-hydrogen) atoms. The summed E-state index contributed by atoms with van der Waals surface area (Å²) in [6.45, 7) is 10.2. The molecule has 2 saturated heterocycles. The summed E-state index contributed by atoms with van der Waals surface area (Å²) in [5, 5.41) is 10.1. The third-order valence-electron chi connectivity index (χ3n) is 7.01. The van der Waals surface area contributed by atoms with Crippen LogP contribution in [0.3, 0.4) is 0 Å². The molecule has 8 nitrogen and oxygen atoms in total. The maximum absolute atomic E-state index is 12.7. The molecule has 0 bridgehead atoms. The number of aromatic nitrogens is 1. The van der Waals surface area contributed by atoms with Gasteiger partial charge in [0.15, 0.2) is 0 Å². The predicted molar refractivity (Wildman–Crippen MR) is 125 cm³/mol. The molecule has 0 unspecified atom stereocenters. The van der Waals surface area contributed by atoms with Crippen LogP contribution in [-0.2, 0) is 33.8 Å². The van der Waals surface area contributed by atoms with Crippen molar-refractivity contribution in [3.05, 3.63) is 22.4 Å². The smallest absolute Gasteiger partial charge is 0.312 e. The van der Waals surface area contributed by atoms with Gasteiger partial charge in [-0.25, -0.2) is 4.98 Å². The Kier molecular flexibility index (Phi) is 6.89. The number of ether oxygens (including phenoxy) is 1. The van der Waals surface area contributed by atoms with E-state index in [-0.39, 0.29) is 11.5 Å². The molecule has 2 fully saturated rings. The van der Waals surface area contributed by atoms with Crippen LogP contribution in [0.2, 0.25) is 0 Å². The number of hydrogen-bond acceptors (Lipinski definition) is 6. The lowest BCUT2D eigenvalue weighted by molar-refractivity contribution is -0.151. The summed E-state index contributed by atoms with van der Waals surface area (Å²) < 4.78 is 6.06. The lowest BCUT2D eigenvalue weighted by Gasteiger charge is -2.38. The van der Waals surface area contributed by atoms with Crippen LogP contribution in [-0.4, -0.2) is 71.5 Å². The van der Waals surface area contributed by atoms with Crippen molar-refractivity contribution in [3.8, 4) is 6.07 Å². The summed E-state index contributed by atoms with van der Waals surface area (Å²) in [7, 11) is 0. The molecule has 0 radical (unpaired) electrons. The average molecular weight is 454 g/mol. The van der Waals surface area contributed by atoms with Crippen LogP contribution in [0.15, 0.2) is 0 Å². The number of amides is 2. The van der Waals surface area contributed by atoms with Crippen molar-refractivity contribution in [1.29, 1.82) is 5.26 Å². The minimum absolute atomic E-state index is 0.319. The normalized spacial score (nSPS) is 19.9. The number of nitriles is 1. The van der Waals surface area contributed by atoms with Gasteiger partial charge in [-0.1, -0.05) is 13.3 Å². The Morgan fingerprint density at radius 1 is 1.03 bits per heavy atom. The monoisotopic (exact) mass is 453 g/mol. The number of carbonyl (C=O) groups is 2. The largest absolute Gasteiger partial charge is 0.370 e. The third kappa shape index (κ3) is 4.84. The first-order valence-corrected chi connectivity index (χ1v) is 12.3. The fourth-order valence-corrected chi connectivity index (χ4v) is 5.03. The Hall–Kier alpha value is -2.66. The van der Waals surface area contributed by atoms with Crippen LogP contribution >= 0.6 is 0 Å². The molecule has 178 valence electrons. The average Bonchev–Trinajstić information content (AvgIpc) is 3.35. The van der Waals surface area contributed by atoms with Crippen molar-refractivity contribution in [2.75, 3.05) is 44.2 Å². The van der Waals surface area contributed by atoms with Crippen molar-refractivity contribution in [1.82, 2.24) is 14.8 Å². The summed E-state index contributed by atoms with van der Waals surface area (Å²) in [5.74, 6) is -0.0642. The molecule has 3 aliphatic rings. The van der Waals surface area contributed by atoms with Crippen molar-refractivity contribution >= 4 is 17.6 Å². The van der Waals surface area contributed by atoms with Crippen molar-refractivity contribution in [3.63, 3.8) is 0 Å². The molecule has 4 rings (SSSR count). The number of rotatable bonds is 4. The van der Waals surface area contributed by atoms with E-state index in [1.54, 1.807) is 9.80 Å². The number of unbranched alkanes of at least 4 members (excludes halogenated alkanes) is 1. The van der Waals surface area contributed by atoms with E-state index >= 15 is 0 Å². The first-order chi connectivity index (χ1) is 15.8. The van der Waals surface area contributed by atoms with Gasteiger partial charge in [0, 0.05) is 56.9 Å². The van der Waals surface area contributed by atoms with E-state index in [0.29, 0.717) is 57.9 Å². The molecule has 0 saturated carbocycles. The van der Waals surface area contributed by atoms with Gasteiger partial charge in [0.05, 0.1) is 17.8 Å². The van der Waals surface area contributed by atoms with Crippen molar-refractivity contribution in [2.45, 2.75) is 71.5 Å². The molecule has 2 amide bonds. The number of anilines is 1. The quantitative estimate of drug-likeness (QED) is 0.651. The van der Waals surface area contributed by atoms with Gasteiger partial charge >= 0.3 is 11.8 Å². The lowest BCUT2D eigenvalue weighted by atomic mass is 9.87. The van der Waals surface area contributed by atoms with Gasteiger partial charge in [-0.3, -0.25) is 9.59 Å². The molecule has 8 heteroatoms. The molecule has 4 heterocycles. The second kappa shape index (κ2) is 9.68. The Balaban J connectivity index is 1.56. The number of pyridine rings is 1. The maximum Gasteiger partial charge on any atom is 0.312 e. The van der Waals surface area contributed by atoms with E-state index in [2.05, 4.69) is 31.7 Å². The van der Waals surface area contributed by atoms with Gasteiger partial charge in [-0.2, -0.15) is 5.26 Å². The third-order valence-corrected chi connectivity index (χ3v) is 7.01. The summed E-state index contributed by atoms with van der Waals surface area (Å²) in [5.41, 5.74) is 3.48. The minimum atomic E-state index is -0.405. The maximum atomic E-state index is 12.7. The molecule has 1 aromatic heterocycles. The van der Waals surface area contributed by atoms with Crippen LogP contribution < -0.4 is 4.90 Å². The highest BCUT2D eigenvalue weighted by atomic mass is 16.5. The fraction of sp³-hybridized carbons (Fsp3) is 0.680. The Bertz CT molecular complexity index is 954. The molecule has 0 spiro atoms. The van der Waals surface area contributed by atoms with Crippen LogP contribution in [0, 0.1) is 11.3 Å². The highest BCUT2D eigenvalue weighted by molar-refractivity contribution is 6.35. The number of piperazine rings is 1. The molecule has 0 N–H and O–H groups in total. The number of carbonyl (C=O) groups excluding carboxylic acids is 2. The topological polar surface area (TPSA) is 89.8 Å². The van der Waals surface area contributed by atoms with Gasteiger partial charge < -0.3 is 19.4 Å². The Morgan fingerprint density at radius 2 is 1.67 bits per heavy atom. The first kappa shape index (κ1) is 23.5. The second-order valence-corrected chi connectivity index (χ2v) is 9.93. The Labute approximate surface area is 196 Å². The van der Waals surface area contributed by atoms with E-state index in [4.69, 9.17) is 9.72 Å². The fourth-order valence-electron chi connectivity index (χ4n) is 5.03. The minimum Gasteiger partial charge on any atom is -0.370 e. The standard InChI is InChI=1S/C25H35N5O3/c1-4-5-8-21-20-17-33-25(2,3)15-18(20)19(16-26)22(27-21)28-11-13-30(14-12-28)24(32)23(31)29-9-6-7-10-29/h4-15,17H2,1-3H3. The van der Waals surface area contributed by atoms with Gasteiger partial charge in [-0.15, -0.1) is 0 Å². The molecule has 0 aromatic carbocycles. The summed E-state index contributed by atoms with van der Waals surface area (Å²) in [6, 6.07) is 2.43. The second-order valence-electron chi connectivity index (χ2n) is 9.93. The molecule has 3 aliphatic heterocycles. The van der Waals surface area contributed by atoms with Gasteiger partial charge in [0.2, 0.25) is 0 Å². The molecular formula is C25H35N5O3. The van der Waals surface area contributed by atoms with E-state index in [0.717, 1.165) is 54.7 Å². The SMILES string of the molecule is CCCCc1nc(N2CCN(C(=O)C(=O)N3CCCC3)CC2)c(C#N)c2c1COC(C)(C)C2. The summed E-state index contributed by atoms with van der Waals surface area (Å²) in [4.78, 5) is 35.6. The summed E-state index contributed by atoms with van der Waals surface area (Å²) >= 11 is 0. The van der Waals surface area contributed by atoms with Crippen LogP contribution in [0.25, 0.3) is 0 Å². The number of aryl methyl sites for hydroxylation is 1. The Morgan fingerprint density at radius 3 is 2.27 bits per heavy atom. The van der Waals surface area contributed by atoms with Gasteiger partial charge in [-0.05, 0) is 45.1 Å². The molecule has 0 atom stereocenters. The van der Waals surface area contributed by atoms with Crippen molar-refractivity contribution < 1.29 is 14.3 Å². The van der Waals surface area contributed by atoms with Crippen LogP contribution in [0.1, 0.15) is 68.8 Å². The lowest BCUT2D eigenvalue weighted by Crippen LogP contribution is -2.53. The molecule has 0 aliphatic carbocycles. The zero-order valence-corrected chi connectivity index (χ0v) is 20.2.